The molecule has 0 aliphatic heterocycles. The number of alkyl halides is 2. The summed E-state index contributed by atoms with van der Waals surface area (Å²) in [5, 5.41) is 0. The summed E-state index contributed by atoms with van der Waals surface area (Å²) in [4.78, 5) is 0. The molecule has 2 aliphatic rings. The molecular formula is C12H12F2. The summed E-state index contributed by atoms with van der Waals surface area (Å²) >= 11 is 0. The lowest BCUT2D eigenvalue weighted by atomic mass is 9.98. The van der Waals surface area contributed by atoms with Crippen LogP contribution in [0.1, 0.15) is 25.3 Å². The van der Waals surface area contributed by atoms with Gasteiger partial charge in [0, 0.05) is 11.0 Å². The molecule has 14 heavy (non-hydrogen) atoms. The second kappa shape index (κ2) is 2.02. The van der Waals surface area contributed by atoms with Gasteiger partial charge in [-0.3, -0.25) is 0 Å². The van der Waals surface area contributed by atoms with E-state index in [2.05, 4.69) is 0 Å². The third kappa shape index (κ3) is 0.737. The molecular weight excluding hydrogens is 182 g/mol. The molecule has 0 atom stereocenters. The van der Waals surface area contributed by atoms with E-state index >= 15 is 0 Å². The fraction of sp³-hybridized carbons (Fsp3) is 0.500. The number of halogens is 2. The van der Waals surface area contributed by atoms with Crippen molar-refractivity contribution >= 4 is 0 Å². The predicted octanol–water partition coefficient (Wildman–Crippen LogP) is 3.58. The monoisotopic (exact) mass is 194 g/mol. The topological polar surface area (TPSA) is 0 Å². The molecule has 0 N–H and O–H groups in total. The van der Waals surface area contributed by atoms with Crippen molar-refractivity contribution in [1.82, 2.24) is 0 Å². The molecule has 0 bridgehead atoms. The highest BCUT2D eigenvalue weighted by Gasteiger charge is 2.89. The summed E-state index contributed by atoms with van der Waals surface area (Å²) < 4.78 is 28.0. The third-order valence-electron chi connectivity index (χ3n) is 4.03. The van der Waals surface area contributed by atoms with Gasteiger partial charge in [0.25, 0.3) is 5.92 Å². The molecule has 1 aromatic rings. The molecule has 74 valence electrons. The summed E-state index contributed by atoms with van der Waals surface area (Å²) in [5.41, 5.74) is -0.547. The van der Waals surface area contributed by atoms with E-state index in [1.54, 1.807) is 18.2 Å². The van der Waals surface area contributed by atoms with Gasteiger partial charge in [-0.1, -0.05) is 37.3 Å². The summed E-state index contributed by atoms with van der Waals surface area (Å²) in [5.74, 6) is -2.62. The second-order valence-electron chi connectivity index (χ2n) is 4.94. The lowest BCUT2D eigenvalue weighted by Gasteiger charge is -2.19. The zero-order chi connectivity index (χ0) is 10.0. The van der Waals surface area contributed by atoms with Crippen LogP contribution in [0.4, 0.5) is 8.78 Å². The summed E-state index contributed by atoms with van der Waals surface area (Å²) in [6.07, 6.45) is 1.39. The molecule has 0 heterocycles. The van der Waals surface area contributed by atoms with E-state index in [1.807, 2.05) is 6.92 Å². The Labute approximate surface area is 81.9 Å². The Balaban J connectivity index is 1.99. The van der Waals surface area contributed by atoms with Crippen molar-refractivity contribution in [3.63, 3.8) is 0 Å². The van der Waals surface area contributed by atoms with Crippen LogP contribution in [0.5, 0.6) is 0 Å². The molecule has 2 saturated carbocycles. The van der Waals surface area contributed by atoms with Crippen molar-refractivity contribution in [2.75, 3.05) is 0 Å². The Morgan fingerprint density at radius 3 is 2.07 bits per heavy atom. The summed E-state index contributed by atoms with van der Waals surface area (Å²) in [6, 6.07) is 8.21. The van der Waals surface area contributed by atoms with Gasteiger partial charge >= 0.3 is 0 Å². The minimum atomic E-state index is -2.62. The normalized spacial score (nSPS) is 39.1. The summed E-state index contributed by atoms with van der Waals surface area (Å²) in [6.45, 7) is 1.96. The van der Waals surface area contributed by atoms with Crippen molar-refractivity contribution in [3.8, 4) is 0 Å². The zero-order valence-corrected chi connectivity index (χ0v) is 8.06. The highest BCUT2D eigenvalue weighted by molar-refractivity contribution is 5.39. The molecule has 0 nitrogen and oxygen atoms in total. The van der Waals surface area contributed by atoms with Crippen molar-refractivity contribution in [3.05, 3.63) is 35.9 Å². The maximum Gasteiger partial charge on any atom is 0.279 e. The van der Waals surface area contributed by atoms with Gasteiger partial charge in [-0.2, -0.15) is 0 Å². The predicted molar refractivity (Wildman–Crippen MR) is 50.1 cm³/mol. The van der Waals surface area contributed by atoms with Crippen molar-refractivity contribution in [2.24, 2.45) is 10.8 Å². The first-order valence-corrected chi connectivity index (χ1v) is 4.95. The Bertz CT molecular complexity index is 375. The number of hydrogen-bond donors (Lipinski definition) is 0. The van der Waals surface area contributed by atoms with Gasteiger partial charge < -0.3 is 0 Å². The van der Waals surface area contributed by atoms with Gasteiger partial charge in [0.15, 0.2) is 0 Å². The quantitative estimate of drug-likeness (QED) is 0.675. The largest absolute Gasteiger partial charge is 0.279 e. The van der Waals surface area contributed by atoms with Gasteiger partial charge in [0.05, 0.1) is 0 Å². The Hall–Kier alpha value is -0.920. The van der Waals surface area contributed by atoms with Crippen LogP contribution in [0.3, 0.4) is 0 Å². The molecule has 0 aromatic heterocycles. The highest BCUT2D eigenvalue weighted by atomic mass is 19.3. The fourth-order valence-corrected chi connectivity index (χ4v) is 2.72. The van der Waals surface area contributed by atoms with Gasteiger partial charge in [-0.05, 0) is 18.3 Å². The van der Waals surface area contributed by atoms with Gasteiger partial charge in [0.2, 0.25) is 0 Å². The first-order valence-electron chi connectivity index (χ1n) is 4.95. The molecule has 2 fully saturated rings. The van der Waals surface area contributed by atoms with Crippen LogP contribution in [0.2, 0.25) is 0 Å². The van der Waals surface area contributed by atoms with Crippen LogP contribution in [0, 0.1) is 10.8 Å². The van der Waals surface area contributed by atoms with E-state index in [0.717, 1.165) is 0 Å². The lowest BCUT2D eigenvalue weighted by molar-refractivity contribution is -0.0555. The highest BCUT2D eigenvalue weighted by Crippen LogP contribution is 2.92. The van der Waals surface area contributed by atoms with Crippen LogP contribution < -0.4 is 0 Å². The SMILES string of the molecule is CC12CC1(C(F)(F)c1ccccc1)C2. The van der Waals surface area contributed by atoms with Gasteiger partial charge in [0.1, 0.15) is 0 Å². The first kappa shape index (κ1) is 8.39. The van der Waals surface area contributed by atoms with Crippen molar-refractivity contribution in [2.45, 2.75) is 25.7 Å². The molecule has 2 heteroatoms. The van der Waals surface area contributed by atoms with E-state index in [9.17, 15) is 8.78 Å². The molecule has 1 aromatic carbocycles. The fourth-order valence-electron chi connectivity index (χ4n) is 2.72. The second-order valence-corrected chi connectivity index (χ2v) is 4.94. The van der Waals surface area contributed by atoms with Crippen LogP contribution in [-0.2, 0) is 5.92 Å². The average Bonchev–Trinajstić information content (AvgIpc) is 2.92. The molecule has 0 spiro atoms. The minimum Gasteiger partial charge on any atom is -0.201 e. The van der Waals surface area contributed by atoms with Gasteiger partial charge in [-0.25, -0.2) is 8.78 Å². The third-order valence-corrected chi connectivity index (χ3v) is 4.03. The Kier molecular flexibility index (Phi) is 1.21. The average molecular weight is 194 g/mol. The molecule has 0 saturated heterocycles. The number of benzene rings is 1. The van der Waals surface area contributed by atoms with Crippen molar-refractivity contribution in [1.29, 1.82) is 0 Å². The van der Waals surface area contributed by atoms with E-state index in [4.69, 9.17) is 0 Å². The van der Waals surface area contributed by atoms with E-state index in [-0.39, 0.29) is 11.0 Å². The first-order chi connectivity index (χ1) is 6.52. The van der Waals surface area contributed by atoms with E-state index in [0.29, 0.717) is 12.8 Å². The van der Waals surface area contributed by atoms with Crippen LogP contribution in [0.15, 0.2) is 30.3 Å². The Morgan fingerprint density at radius 1 is 1.14 bits per heavy atom. The lowest BCUT2D eigenvalue weighted by Crippen LogP contribution is -2.21. The van der Waals surface area contributed by atoms with Crippen LogP contribution >= 0.6 is 0 Å². The molecule has 3 rings (SSSR count). The van der Waals surface area contributed by atoms with Gasteiger partial charge in [-0.15, -0.1) is 0 Å². The van der Waals surface area contributed by atoms with E-state index in [1.165, 1.54) is 12.1 Å². The summed E-state index contributed by atoms with van der Waals surface area (Å²) in [7, 11) is 0. The maximum absolute atomic E-state index is 14.0. The standard InChI is InChI=1S/C12H12F2/c1-10-7-11(10,8-10)12(13,14)9-5-3-2-4-6-9/h2-6H,7-8H2,1H3. The number of hydrogen-bond acceptors (Lipinski definition) is 0. The number of rotatable bonds is 2. The zero-order valence-electron chi connectivity index (χ0n) is 8.06. The van der Waals surface area contributed by atoms with E-state index < -0.39 is 11.3 Å². The molecule has 0 unspecified atom stereocenters. The number of fused-ring (bicyclic) bond motifs is 1. The van der Waals surface area contributed by atoms with Crippen LogP contribution in [0.25, 0.3) is 0 Å². The molecule has 0 radical (unpaired) electrons. The molecule has 0 amide bonds. The maximum atomic E-state index is 14.0. The minimum absolute atomic E-state index is 0.0493. The Morgan fingerprint density at radius 2 is 1.64 bits per heavy atom. The van der Waals surface area contributed by atoms with Crippen molar-refractivity contribution < 1.29 is 8.78 Å². The molecule has 2 aliphatic carbocycles. The smallest absolute Gasteiger partial charge is 0.201 e. The van der Waals surface area contributed by atoms with Crippen LogP contribution in [-0.4, -0.2) is 0 Å².